The van der Waals surface area contributed by atoms with Crippen LogP contribution in [0.1, 0.15) is 90.9 Å². The summed E-state index contributed by atoms with van der Waals surface area (Å²) in [6.07, 6.45) is 16.5. The molecular weight excluding hydrogens is 246 g/mol. The van der Waals surface area contributed by atoms with Gasteiger partial charge in [-0.05, 0) is 39.0 Å². The van der Waals surface area contributed by atoms with Gasteiger partial charge in [0.2, 0.25) is 0 Å². The number of unbranched alkanes of at least 4 members (excludes halogenated alkanes) is 3. The van der Waals surface area contributed by atoms with E-state index in [2.05, 4.69) is 19.2 Å². The van der Waals surface area contributed by atoms with Gasteiger partial charge in [0.15, 0.2) is 0 Å². The minimum absolute atomic E-state index is 0.158. The zero-order valence-corrected chi connectivity index (χ0v) is 13.8. The lowest BCUT2D eigenvalue weighted by Crippen LogP contribution is -2.47. The van der Waals surface area contributed by atoms with Gasteiger partial charge < -0.3 is 10.1 Å². The molecule has 2 rings (SSSR count). The summed E-state index contributed by atoms with van der Waals surface area (Å²) in [5.41, 5.74) is 0.158. The summed E-state index contributed by atoms with van der Waals surface area (Å²) in [6.45, 7) is 5.66. The molecule has 1 N–H and O–H groups in total. The summed E-state index contributed by atoms with van der Waals surface area (Å²) in [5, 5.41) is 3.72. The molecule has 2 heteroatoms. The fraction of sp³-hybridized carbons (Fsp3) is 1.00. The number of nitrogens with one attached hydrogen (secondary N) is 1. The van der Waals surface area contributed by atoms with Crippen LogP contribution in [0.25, 0.3) is 0 Å². The minimum atomic E-state index is 0.158. The van der Waals surface area contributed by atoms with Crippen molar-refractivity contribution in [1.29, 1.82) is 0 Å². The lowest BCUT2D eigenvalue weighted by molar-refractivity contribution is -0.108. The smallest absolute Gasteiger partial charge is 0.0810 e. The molecule has 0 spiro atoms. The van der Waals surface area contributed by atoms with Gasteiger partial charge in [0.1, 0.15) is 0 Å². The highest BCUT2D eigenvalue weighted by Crippen LogP contribution is 2.34. The van der Waals surface area contributed by atoms with Gasteiger partial charge in [-0.15, -0.1) is 0 Å². The third kappa shape index (κ3) is 5.73. The third-order valence-corrected chi connectivity index (χ3v) is 4.97. The van der Waals surface area contributed by atoms with E-state index < -0.39 is 0 Å². The Morgan fingerprint density at radius 1 is 1.10 bits per heavy atom. The van der Waals surface area contributed by atoms with Crippen molar-refractivity contribution in [3.8, 4) is 0 Å². The summed E-state index contributed by atoms with van der Waals surface area (Å²) < 4.78 is 6.57. The molecule has 0 aromatic carbocycles. The van der Waals surface area contributed by atoms with Crippen LogP contribution in [0.3, 0.4) is 0 Å². The van der Waals surface area contributed by atoms with Crippen molar-refractivity contribution in [2.24, 2.45) is 0 Å². The van der Waals surface area contributed by atoms with Gasteiger partial charge in [0.05, 0.1) is 11.7 Å². The molecule has 0 amide bonds. The van der Waals surface area contributed by atoms with E-state index in [1.165, 1.54) is 77.0 Å². The predicted molar refractivity (Wildman–Crippen MR) is 86.1 cm³/mol. The molecule has 0 saturated heterocycles. The Kier molecular flexibility index (Phi) is 6.83. The van der Waals surface area contributed by atoms with Gasteiger partial charge in [0.25, 0.3) is 0 Å². The van der Waals surface area contributed by atoms with E-state index >= 15 is 0 Å². The van der Waals surface area contributed by atoms with E-state index in [1.807, 2.05) is 0 Å². The molecule has 118 valence electrons. The number of rotatable bonds is 10. The Morgan fingerprint density at radius 2 is 1.85 bits per heavy atom. The van der Waals surface area contributed by atoms with Crippen LogP contribution in [-0.4, -0.2) is 24.3 Å². The van der Waals surface area contributed by atoms with Gasteiger partial charge in [-0.2, -0.15) is 0 Å². The average Bonchev–Trinajstić information content (AvgIpc) is 3.27. The lowest BCUT2D eigenvalue weighted by atomic mass is 9.84. The van der Waals surface area contributed by atoms with Crippen LogP contribution in [-0.2, 0) is 4.74 Å². The second-order valence-corrected chi connectivity index (χ2v) is 7.18. The van der Waals surface area contributed by atoms with Gasteiger partial charge in [-0.25, -0.2) is 0 Å². The summed E-state index contributed by atoms with van der Waals surface area (Å²) in [4.78, 5) is 0. The van der Waals surface area contributed by atoms with Crippen LogP contribution in [0.5, 0.6) is 0 Å². The summed E-state index contributed by atoms with van der Waals surface area (Å²) in [7, 11) is 0. The molecule has 0 aliphatic heterocycles. The molecule has 0 aromatic rings. The number of hydrogen-bond donors (Lipinski definition) is 1. The Labute approximate surface area is 126 Å². The summed E-state index contributed by atoms with van der Waals surface area (Å²) in [5.74, 6) is 0. The summed E-state index contributed by atoms with van der Waals surface area (Å²) in [6, 6.07) is 0.803. The lowest BCUT2D eigenvalue weighted by Gasteiger charge is -2.40. The van der Waals surface area contributed by atoms with Crippen molar-refractivity contribution in [1.82, 2.24) is 5.32 Å². The van der Waals surface area contributed by atoms with Crippen LogP contribution in [0, 0.1) is 0 Å². The maximum atomic E-state index is 6.57. The van der Waals surface area contributed by atoms with E-state index in [0.717, 1.165) is 12.6 Å². The van der Waals surface area contributed by atoms with Crippen molar-refractivity contribution < 1.29 is 4.74 Å². The first kappa shape index (κ1) is 16.3. The molecule has 2 aliphatic carbocycles. The van der Waals surface area contributed by atoms with E-state index in [0.29, 0.717) is 6.10 Å². The highest BCUT2D eigenvalue weighted by Gasteiger charge is 2.36. The molecule has 2 fully saturated rings. The Hall–Kier alpha value is -0.0800. The maximum absolute atomic E-state index is 6.57. The fourth-order valence-electron chi connectivity index (χ4n) is 3.49. The topological polar surface area (TPSA) is 21.3 Å². The van der Waals surface area contributed by atoms with Gasteiger partial charge >= 0.3 is 0 Å². The molecule has 0 aromatic heterocycles. The molecular formula is C18H35NO. The molecule has 1 unspecified atom stereocenters. The molecule has 2 saturated carbocycles. The van der Waals surface area contributed by atoms with E-state index in [9.17, 15) is 0 Å². The minimum Gasteiger partial charge on any atom is -0.371 e. The van der Waals surface area contributed by atoms with Crippen molar-refractivity contribution in [3.63, 3.8) is 0 Å². The van der Waals surface area contributed by atoms with Crippen LogP contribution in [0.4, 0.5) is 0 Å². The average molecular weight is 281 g/mol. The van der Waals surface area contributed by atoms with Gasteiger partial charge in [-0.1, -0.05) is 51.9 Å². The Balaban J connectivity index is 1.73. The van der Waals surface area contributed by atoms with Crippen molar-refractivity contribution in [2.75, 3.05) is 6.54 Å². The molecule has 1 atom stereocenters. The normalized spacial score (nSPS) is 23.7. The number of hydrogen-bond acceptors (Lipinski definition) is 2. The predicted octanol–water partition coefficient (Wildman–Crippen LogP) is 4.82. The van der Waals surface area contributed by atoms with Crippen molar-refractivity contribution in [2.45, 2.75) is 109 Å². The van der Waals surface area contributed by atoms with E-state index in [1.54, 1.807) is 0 Å². The zero-order chi connectivity index (χ0) is 14.3. The quantitative estimate of drug-likeness (QED) is 0.580. The first-order chi connectivity index (χ1) is 9.74. The molecule has 20 heavy (non-hydrogen) atoms. The molecule has 0 bridgehead atoms. The molecule has 2 aliphatic rings. The van der Waals surface area contributed by atoms with Crippen molar-refractivity contribution >= 4 is 0 Å². The summed E-state index contributed by atoms with van der Waals surface area (Å²) >= 11 is 0. The van der Waals surface area contributed by atoms with Crippen LogP contribution < -0.4 is 5.32 Å². The van der Waals surface area contributed by atoms with E-state index in [4.69, 9.17) is 4.74 Å². The molecule has 2 nitrogen and oxygen atoms in total. The Bertz CT molecular complexity index is 256. The van der Waals surface area contributed by atoms with Gasteiger partial charge in [-0.3, -0.25) is 0 Å². The standard InChI is InChI=1S/C18H35NO/c1-3-4-5-7-10-16(2)20-18(13-8-6-9-14-18)15-19-17-11-12-17/h16-17,19H,3-15H2,1-2H3. The van der Waals surface area contributed by atoms with Crippen molar-refractivity contribution in [3.05, 3.63) is 0 Å². The van der Waals surface area contributed by atoms with E-state index in [-0.39, 0.29) is 5.60 Å². The Morgan fingerprint density at radius 3 is 2.50 bits per heavy atom. The highest BCUT2D eigenvalue weighted by atomic mass is 16.5. The monoisotopic (exact) mass is 281 g/mol. The second kappa shape index (κ2) is 8.38. The highest BCUT2D eigenvalue weighted by molar-refractivity contribution is 4.91. The first-order valence-electron chi connectivity index (χ1n) is 9.15. The molecule has 0 radical (unpaired) electrons. The third-order valence-electron chi connectivity index (χ3n) is 4.97. The van der Waals surface area contributed by atoms with Crippen LogP contribution in [0.15, 0.2) is 0 Å². The number of ether oxygens (including phenoxy) is 1. The maximum Gasteiger partial charge on any atom is 0.0810 e. The SMILES string of the molecule is CCCCCCC(C)OC1(CNC2CC2)CCCCC1. The zero-order valence-electron chi connectivity index (χ0n) is 13.8. The second-order valence-electron chi connectivity index (χ2n) is 7.18. The van der Waals surface area contributed by atoms with Gasteiger partial charge in [0, 0.05) is 12.6 Å². The molecule has 0 heterocycles. The first-order valence-corrected chi connectivity index (χ1v) is 9.15. The van der Waals surface area contributed by atoms with Crippen LogP contribution >= 0.6 is 0 Å². The van der Waals surface area contributed by atoms with Crippen LogP contribution in [0.2, 0.25) is 0 Å². The largest absolute Gasteiger partial charge is 0.371 e. The fourth-order valence-corrected chi connectivity index (χ4v) is 3.49.